The smallest absolute Gasteiger partial charge is 0.271 e. The van der Waals surface area contributed by atoms with Gasteiger partial charge in [-0.25, -0.2) is 0 Å². The molecule has 2 aliphatic rings. The minimum Gasteiger partial charge on any atom is -0.497 e. The van der Waals surface area contributed by atoms with Crippen LogP contribution in [0.15, 0.2) is 66.9 Å². The van der Waals surface area contributed by atoms with E-state index in [0.717, 1.165) is 42.4 Å². The fourth-order valence-corrected chi connectivity index (χ4v) is 4.82. The van der Waals surface area contributed by atoms with E-state index in [1.54, 1.807) is 14.2 Å². The Morgan fingerprint density at radius 1 is 0.806 bits per heavy atom. The third kappa shape index (κ3) is 3.68. The summed E-state index contributed by atoms with van der Waals surface area (Å²) in [5.41, 5.74) is 3.14. The van der Waals surface area contributed by atoms with Crippen LogP contribution in [0.25, 0.3) is 0 Å². The summed E-state index contributed by atoms with van der Waals surface area (Å²) in [7, 11) is 3.35. The van der Waals surface area contributed by atoms with Gasteiger partial charge >= 0.3 is 0 Å². The van der Waals surface area contributed by atoms with Crippen LogP contribution in [-0.2, 0) is 13.1 Å². The van der Waals surface area contributed by atoms with Gasteiger partial charge in [0.25, 0.3) is 5.91 Å². The van der Waals surface area contributed by atoms with Crippen molar-refractivity contribution in [1.82, 2.24) is 14.4 Å². The molecule has 5 rings (SSSR count). The number of benzene rings is 2. The lowest BCUT2D eigenvalue weighted by atomic mass is 10.0. The molecule has 2 aliphatic heterocycles. The van der Waals surface area contributed by atoms with E-state index < -0.39 is 0 Å². The number of nitrogens with zero attached hydrogens (tertiary/aromatic N) is 3. The molecule has 2 aromatic carbocycles. The summed E-state index contributed by atoms with van der Waals surface area (Å²) in [4.78, 5) is 17.8. The molecule has 0 unspecified atom stereocenters. The molecule has 1 aromatic heterocycles. The summed E-state index contributed by atoms with van der Waals surface area (Å²) >= 11 is 0. The predicted molar refractivity (Wildman–Crippen MR) is 118 cm³/mol. The van der Waals surface area contributed by atoms with E-state index in [9.17, 15) is 4.79 Å². The number of methoxy groups -OCH3 is 2. The van der Waals surface area contributed by atoms with Gasteiger partial charge < -0.3 is 18.9 Å². The summed E-state index contributed by atoms with van der Waals surface area (Å²) in [6.45, 7) is 3.24. The van der Waals surface area contributed by atoms with E-state index in [2.05, 4.69) is 26.5 Å². The third-order valence-corrected chi connectivity index (χ3v) is 6.43. The second-order valence-corrected chi connectivity index (χ2v) is 8.26. The van der Waals surface area contributed by atoms with E-state index in [1.165, 1.54) is 5.56 Å². The fraction of sp³-hybridized carbons (Fsp3) is 0.320. The molecule has 0 spiro atoms. The van der Waals surface area contributed by atoms with Gasteiger partial charge in [-0.1, -0.05) is 24.3 Å². The number of fused-ring (bicyclic) bond motifs is 3. The average Bonchev–Trinajstić information content (AvgIpc) is 3.45. The molecule has 1 saturated heterocycles. The standard InChI is InChI=1S/C25H27N3O3/c1-30-20-9-5-18(6-10-20)14-26-16-23-24(17-26)28(25(29)22-4-3-13-27(22)23)15-19-7-11-21(31-2)12-8-19/h3-13,23-24H,14-17H2,1-2H3/t23-,24+/m0/s1. The second-order valence-electron chi connectivity index (χ2n) is 8.26. The molecular weight excluding hydrogens is 390 g/mol. The van der Waals surface area contributed by atoms with Gasteiger partial charge in [-0.2, -0.15) is 0 Å². The van der Waals surface area contributed by atoms with Crippen molar-refractivity contribution >= 4 is 5.91 Å². The molecule has 1 amide bonds. The topological polar surface area (TPSA) is 46.9 Å². The second kappa shape index (κ2) is 8.12. The maximum absolute atomic E-state index is 13.3. The van der Waals surface area contributed by atoms with Crippen LogP contribution in [0.5, 0.6) is 11.5 Å². The normalized spacial score (nSPS) is 20.5. The van der Waals surface area contributed by atoms with Crippen molar-refractivity contribution in [3.8, 4) is 11.5 Å². The van der Waals surface area contributed by atoms with Crippen LogP contribution < -0.4 is 9.47 Å². The molecule has 6 heteroatoms. The van der Waals surface area contributed by atoms with Crippen LogP contribution >= 0.6 is 0 Å². The summed E-state index contributed by atoms with van der Waals surface area (Å²) in [6.07, 6.45) is 2.05. The Labute approximate surface area is 182 Å². The zero-order valence-electron chi connectivity index (χ0n) is 17.9. The van der Waals surface area contributed by atoms with Gasteiger partial charge in [-0.05, 0) is 47.5 Å². The lowest BCUT2D eigenvalue weighted by molar-refractivity contribution is 0.0556. The first-order valence-electron chi connectivity index (χ1n) is 10.6. The summed E-state index contributed by atoms with van der Waals surface area (Å²) in [5, 5.41) is 0. The van der Waals surface area contributed by atoms with Crippen molar-refractivity contribution in [2.24, 2.45) is 0 Å². The SMILES string of the molecule is COc1ccc(CN2C[C@@H]3[C@H](C2)n2cccc2C(=O)N3Cc2ccc(OC)cc2)cc1. The van der Waals surface area contributed by atoms with Crippen LogP contribution in [0, 0.1) is 0 Å². The number of ether oxygens (including phenoxy) is 2. The van der Waals surface area contributed by atoms with E-state index in [0.29, 0.717) is 6.54 Å². The number of hydrogen-bond acceptors (Lipinski definition) is 4. The van der Waals surface area contributed by atoms with Crippen molar-refractivity contribution in [3.05, 3.63) is 83.7 Å². The zero-order chi connectivity index (χ0) is 21.4. The number of likely N-dealkylation sites (tertiary alicyclic amines) is 1. The number of carbonyl (C=O) groups excluding carboxylic acids is 1. The molecule has 1 fully saturated rings. The van der Waals surface area contributed by atoms with Crippen molar-refractivity contribution < 1.29 is 14.3 Å². The molecule has 2 atom stereocenters. The van der Waals surface area contributed by atoms with E-state index >= 15 is 0 Å². The molecule has 0 saturated carbocycles. The zero-order valence-corrected chi connectivity index (χ0v) is 17.9. The Balaban J connectivity index is 1.38. The molecule has 31 heavy (non-hydrogen) atoms. The minimum absolute atomic E-state index is 0.105. The van der Waals surface area contributed by atoms with Gasteiger partial charge in [0.2, 0.25) is 0 Å². The largest absolute Gasteiger partial charge is 0.497 e. The Hall–Kier alpha value is -3.25. The number of hydrogen-bond donors (Lipinski definition) is 0. The molecule has 3 heterocycles. The van der Waals surface area contributed by atoms with Gasteiger partial charge in [0, 0.05) is 32.4 Å². The van der Waals surface area contributed by atoms with Gasteiger partial charge in [-0.15, -0.1) is 0 Å². The first kappa shape index (κ1) is 19.7. The number of aromatic nitrogens is 1. The summed E-state index contributed by atoms with van der Waals surface area (Å²) in [5.74, 6) is 1.80. The Morgan fingerprint density at radius 2 is 1.39 bits per heavy atom. The number of carbonyl (C=O) groups is 1. The van der Waals surface area contributed by atoms with Crippen LogP contribution in [0.2, 0.25) is 0 Å². The molecule has 0 aliphatic carbocycles. The van der Waals surface area contributed by atoms with Crippen molar-refractivity contribution in [2.75, 3.05) is 27.3 Å². The highest BCUT2D eigenvalue weighted by atomic mass is 16.5. The molecule has 0 radical (unpaired) electrons. The van der Waals surface area contributed by atoms with Crippen LogP contribution in [-0.4, -0.2) is 53.6 Å². The maximum atomic E-state index is 13.3. The highest BCUT2D eigenvalue weighted by molar-refractivity contribution is 5.94. The number of amides is 1. The Kier molecular flexibility index (Phi) is 5.16. The van der Waals surface area contributed by atoms with Gasteiger partial charge in [-0.3, -0.25) is 9.69 Å². The van der Waals surface area contributed by atoms with E-state index in [1.807, 2.05) is 54.7 Å². The van der Waals surface area contributed by atoms with Gasteiger partial charge in [0.05, 0.1) is 26.3 Å². The van der Waals surface area contributed by atoms with Crippen LogP contribution in [0.3, 0.4) is 0 Å². The quantitative estimate of drug-likeness (QED) is 0.615. The van der Waals surface area contributed by atoms with Crippen molar-refractivity contribution in [1.29, 1.82) is 0 Å². The van der Waals surface area contributed by atoms with E-state index in [4.69, 9.17) is 9.47 Å². The molecule has 3 aromatic rings. The van der Waals surface area contributed by atoms with Crippen LogP contribution in [0.4, 0.5) is 0 Å². The molecule has 160 valence electrons. The first-order valence-corrected chi connectivity index (χ1v) is 10.6. The summed E-state index contributed by atoms with van der Waals surface area (Å²) < 4.78 is 12.7. The molecule has 0 N–H and O–H groups in total. The van der Waals surface area contributed by atoms with Gasteiger partial charge in [0.15, 0.2) is 0 Å². The Morgan fingerprint density at radius 3 is 2.00 bits per heavy atom. The summed E-state index contributed by atoms with van der Waals surface area (Å²) in [6, 6.07) is 20.5. The predicted octanol–water partition coefficient (Wildman–Crippen LogP) is 3.59. The molecule has 0 bridgehead atoms. The highest BCUT2D eigenvalue weighted by Gasteiger charge is 2.44. The average molecular weight is 418 g/mol. The fourth-order valence-electron chi connectivity index (χ4n) is 4.82. The van der Waals surface area contributed by atoms with Crippen LogP contribution in [0.1, 0.15) is 27.7 Å². The molecule has 6 nitrogen and oxygen atoms in total. The lowest BCUT2D eigenvalue weighted by Crippen LogP contribution is -2.49. The van der Waals surface area contributed by atoms with Crippen molar-refractivity contribution in [3.63, 3.8) is 0 Å². The third-order valence-electron chi connectivity index (χ3n) is 6.43. The lowest BCUT2D eigenvalue weighted by Gasteiger charge is -2.38. The maximum Gasteiger partial charge on any atom is 0.271 e. The minimum atomic E-state index is 0.105. The first-order chi connectivity index (χ1) is 15.2. The van der Waals surface area contributed by atoms with Gasteiger partial charge in [0.1, 0.15) is 17.2 Å². The van der Waals surface area contributed by atoms with E-state index in [-0.39, 0.29) is 18.0 Å². The molecular formula is C25H27N3O3. The Bertz CT molecular complexity index is 1060. The monoisotopic (exact) mass is 417 g/mol. The highest BCUT2D eigenvalue weighted by Crippen LogP contribution is 2.35. The van der Waals surface area contributed by atoms with Crippen molar-refractivity contribution in [2.45, 2.75) is 25.2 Å². The number of rotatable bonds is 6.